The Hall–Kier alpha value is -0.370. The third-order valence-corrected chi connectivity index (χ3v) is 2.38. The molecule has 11 heavy (non-hydrogen) atoms. The molecule has 0 spiro atoms. The standard InChI is InChI=1S/C9H15NO/c11-9(5-7-1-2-7)6-10-8-3-4-8/h7-8,10H,1-6H2. The van der Waals surface area contributed by atoms with Crippen molar-refractivity contribution in [3.05, 3.63) is 0 Å². The van der Waals surface area contributed by atoms with Gasteiger partial charge >= 0.3 is 0 Å². The third kappa shape index (κ3) is 2.62. The van der Waals surface area contributed by atoms with Gasteiger partial charge in [0.2, 0.25) is 0 Å². The second kappa shape index (κ2) is 2.94. The lowest BCUT2D eigenvalue weighted by Crippen LogP contribution is -2.24. The van der Waals surface area contributed by atoms with E-state index in [4.69, 9.17) is 0 Å². The molecule has 0 aromatic rings. The lowest BCUT2D eigenvalue weighted by atomic mass is 10.2. The molecule has 0 aromatic carbocycles. The van der Waals surface area contributed by atoms with Crippen LogP contribution in [0.2, 0.25) is 0 Å². The van der Waals surface area contributed by atoms with E-state index in [1.807, 2.05) is 0 Å². The van der Waals surface area contributed by atoms with Gasteiger partial charge in [-0.1, -0.05) is 0 Å². The first-order valence-corrected chi connectivity index (χ1v) is 4.59. The van der Waals surface area contributed by atoms with Gasteiger partial charge in [0.15, 0.2) is 0 Å². The molecule has 1 N–H and O–H groups in total. The third-order valence-electron chi connectivity index (χ3n) is 2.38. The average Bonchev–Trinajstić information content (AvgIpc) is 2.80. The van der Waals surface area contributed by atoms with Gasteiger partial charge in [-0.05, 0) is 31.6 Å². The van der Waals surface area contributed by atoms with E-state index in [2.05, 4.69) is 5.32 Å². The van der Waals surface area contributed by atoms with Crippen molar-refractivity contribution in [3.63, 3.8) is 0 Å². The summed E-state index contributed by atoms with van der Waals surface area (Å²) in [5.41, 5.74) is 0. The highest BCUT2D eigenvalue weighted by molar-refractivity contribution is 5.81. The Morgan fingerprint density at radius 1 is 1.27 bits per heavy atom. The van der Waals surface area contributed by atoms with Gasteiger partial charge in [0.05, 0.1) is 6.54 Å². The number of nitrogens with one attached hydrogen (secondary N) is 1. The van der Waals surface area contributed by atoms with Crippen LogP contribution >= 0.6 is 0 Å². The molecule has 0 bridgehead atoms. The summed E-state index contributed by atoms with van der Waals surface area (Å²) in [6.07, 6.45) is 5.96. The van der Waals surface area contributed by atoms with Crippen LogP contribution in [0.4, 0.5) is 0 Å². The summed E-state index contributed by atoms with van der Waals surface area (Å²) in [5, 5.41) is 3.24. The van der Waals surface area contributed by atoms with E-state index in [1.54, 1.807) is 0 Å². The lowest BCUT2D eigenvalue weighted by Gasteiger charge is -1.99. The molecule has 2 heteroatoms. The monoisotopic (exact) mass is 153 g/mol. The summed E-state index contributed by atoms with van der Waals surface area (Å²) in [6.45, 7) is 0.626. The summed E-state index contributed by atoms with van der Waals surface area (Å²) < 4.78 is 0. The van der Waals surface area contributed by atoms with Gasteiger partial charge in [-0.3, -0.25) is 4.79 Å². The fourth-order valence-electron chi connectivity index (χ4n) is 1.26. The number of carbonyl (C=O) groups is 1. The lowest BCUT2D eigenvalue weighted by molar-refractivity contribution is -0.118. The maximum Gasteiger partial charge on any atom is 0.146 e. The van der Waals surface area contributed by atoms with Gasteiger partial charge in [0.25, 0.3) is 0 Å². The first-order chi connectivity index (χ1) is 5.34. The molecule has 62 valence electrons. The van der Waals surface area contributed by atoms with E-state index in [9.17, 15) is 4.79 Å². The molecule has 2 rings (SSSR count). The topological polar surface area (TPSA) is 29.1 Å². The molecule has 0 aromatic heterocycles. The minimum absolute atomic E-state index is 0.416. The molecular weight excluding hydrogens is 138 g/mol. The molecule has 0 unspecified atom stereocenters. The molecule has 2 fully saturated rings. The molecule has 0 atom stereocenters. The van der Waals surface area contributed by atoms with Crippen molar-refractivity contribution in [1.29, 1.82) is 0 Å². The van der Waals surface area contributed by atoms with Gasteiger partial charge in [-0.2, -0.15) is 0 Å². The molecule has 0 heterocycles. The van der Waals surface area contributed by atoms with Crippen molar-refractivity contribution >= 4 is 5.78 Å². The van der Waals surface area contributed by atoms with Crippen LogP contribution in [-0.4, -0.2) is 18.4 Å². The SMILES string of the molecule is O=C(CNC1CC1)CC1CC1. The summed E-state index contributed by atoms with van der Waals surface area (Å²) in [6, 6.07) is 0.679. The second-order valence-corrected chi connectivity index (χ2v) is 3.84. The van der Waals surface area contributed by atoms with E-state index in [-0.39, 0.29) is 0 Å². The summed E-state index contributed by atoms with van der Waals surface area (Å²) in [7, 11) is 0. The fourth-order valence-corrected chi connectivity index (χ4v) is 1.26. The van der Waals surface area contributed by atoms with E-state index in [0.717, 1.165) is 12.3 Å². The van der Waals surface area contributed by atoms with E-state index < -0.39 is 0 Å². The van der Waals surface area contributed by atoms with Crippen LogP contribution in [0, 0.1) is 5.92 Å². The molecule has 0 saturated heterocycles. The highest BCUT2D eigenvalue weighted by Crippen LogP contribution is 2.32. The molecule has 0 amide bonds. The Morgan fingerprint density at radius 2 is 2.00 bits per heavy atom. The first-order valence-electron chi connectivity index (χ1n) is 4.59. The molecule has 2 saturated carbocycles. The summed E-state index contributed by atoms with van der Waals surface area (Å²) >= 11 is 0. The number of Topliss-reactive ketones (excluding diaryl/α,β-unsaturated/α-hetero) is 1. The van der Waals surface area contributed by atoms with Gasteiger partial charge in [-0.25, -0.2) is 0 Å². The molecular formula is C9H15NO. The number of ketones is 1. The van der Waals surface area contributed by atoms with E-state index in [0.29, 0.717) is 18.4 Å². The van der Waals surface area contributed by atoms with E-state index >= 15 is 0 Å². The number of hydrogen-bond donors (Lipinski definition) is 1. The molecule has 2 aliphatic rings. The second-order valence-electron chi connectivity index (χ2n) is 3.84. The quantitative estimate of drug-likeness (QED) is 0.641. The van der Waals surface area contributed by atoms with Crippen molar-refractivity contribution in [1.82, 2.24) is 5.32 Å². The van der Waals surface area contributed by atoms with Gasteiger partial charge < -0.3 is 5.32 Å². The van der Waals surface area contributed by atoms with Gasteiger partial charge in [0, 0.05) is 12.5 Å². The predicted molar refractivity (Wildman–Crippen MR) is 43.4 cm³/mol. The number of rotatable bonds is 5. The predicted octanol–water partition coefficient (Wildman–Crippen LogP) is 1.11. The molecule has 0 aliphatic heterocycles. The van der Waals surface area contributed by atoms with Crippen molar-refractivity contribution < 1.29 is 4.79 Å². The zero-order chi connectivity index (χ0) is 7.68. The normalized spacial score (nSPS) is 23.6. The van der Waals surface area contributed by atoms with Crippen LogP contribution in [0.25, 0.3) is 0 Å². The van der Waals surface area contributed by atoms with Crippen molar-refractivity contribution in [2.45, 2.75) is 38.1 Å². The van der Waals surface area contributed by atoms with Crippen LogP contribution in [0.1, 0.15) is 32.1 Å². The molecule has 2 aliphatic carbocycles. The van der Waals surface area contributed by atoms with Crippen molar-refractivity contribution in [3.8, 4) is 0 Å². The zero-order valence-electron chi connectivity index (χ0n) is 6.81. The van der Waals surface area contributed by atoms with Gasteiger partial charge in [-0.15, -0.1) is 0 Å². The molecule has 0 radical (unpaired) electrons. The maximum atomic E-state index is 11.2. The smallest absolute Gasteiger partial charge is 0.146 e. The van der Waals surface area contributed by atoms with Crippen molar-refractivity contribution in [2.24, 2.45) is 5.92 Å². The molecule has 2 nitrogen and oxygen atoms in total. The minimum atomic E-state index is 0.416. The highest BCUT2D eigenvalue weighted by Gasteiger charge is 2.25. The van der Waals surface area contributed by atoms with Crippen molar-refractivity contribution in [2.75, 3.05) is 6.54 Å². The van der Waals surface area contributed by atoms with Crippen LogP contribution in [0.5, 0.6) is 0 Å². The van der Waals surface area contributed by atoms with Gasteiger partial charge in [0.1, 0.15) is 5.78 Å². The largest absolute Gasteiger partial charge is 0.307 e. The van der Waals surface area contributed by atoms with Crippen LogP contribution in [-0.2, 0) is 4.79 Å². The summed E-state index contributed by atoms with van der Waals surface area (Å²) in [4.78, 5) is 11.2. The Kier molecular flexibility index (Phi) is 1.95. The Bertz CT molecular complexity index is 159. The first kappa shape index (κ1) is 7.29. The Balaban J connectivity index is 1.56. The zero-order valence-corrected chi connectivity index (χ0v) is 6.81. The van der Waals surface area contributed by atoms with E-state index in [1.165, 1.54) is 25.7 Å². The highest BCUT2D eigenvalue weighted by atomic mass is 16.1. The summed E-state index contributed by atoms with van der Waals surface area (Å²) in [5.74, 6) is 1.17. The van der Waals surface area contributed by atoms with Crippen LogP contribution < -0.4 is 5.32 Å². The average molecular weight is 153 g/mol. The Labute approximate surface area is 67.4 Å². The number of carbonyl (C=O) groups excluding carboxylic acids is 1. The van der Waals surface area contributed by atoms with Crippen LogP contribution in [0.3, 0.4) is 0 Å². The number of hydrogen-bond acceptors (Lipinski definition) is 2. The fraction of sp³-hybridized carbons (Fsp3) is 0.889. The maximum absolute atomic E-state index is 11.2. The minimum Gasteiger partial charge on any atom is -0.307 e. The Morgan fingerprint density at radius 3 is 2.55 bits per heavy atom. The van der Waals surface area contributed by atoms with Crippen LogP contribution in [0.15, 0.2) is 0 Å².